The largest absolute Gasteiger partial charge is 0.313 e. The molecule has 1 saturated carbocycles. The van der Waals surface area contributed by atoms with Crippen molar-refractivity contribution < 1.29 is 0 Å². The number of hydrogen-bond acceptors (Lipinski definition) is 2. The minimum atomic E-state index is 0.547. The van der Waals surface area contributed by atoms with Crippen molar-refractivity contribution in [1.82, 2.24) is 5.32 Å². The molecule has 3 rings (SSSR count). The first-order valence-corrected chi connectivity index (χ1v) is 7.10. The highest BCUT2D eigenvalue weighted by molar-refractivity contribution is 7.99. The number of thioether (sulfide) groups is 1. The molecule has 0 saturated heterocycles. The SMILES string of the molecule is CC1(C)CC1NCC1CSc2ccccc21. The van der Waals surface area contributed by atoms with Gasteiger partial charge in [-0.25, -0.2) is 0 Å². The average Bonchev–Trinajstić information content (AvgIpc) is 2.73. The molecule has 0 radical (unpaired) electrons. The van der Waals surface area contributed by atoms with Crippen molar-refractivity contribution in [2.45, 2.75) is 37.1 Å². The molecule has 2 unspecified atom stereocenters. The Hall–Kier alpha value is -0.470. The van der Waals surface area contributed by atoms with E-state index in [1.807, 2.05) is 11.8 Å². The maximum absolute atomic E-state index is 3.72. The monoisotopic (exact) mass is 233 g/mol. The third-order valence-corrected chi connectivity index (χ3v) is 5.17. The molecule has 1 aromatic rings. The van der Waals surface area contributed by atoms with Crippen LogP contribution in [-0.2, 0) is 0 Å². The molecule has 16 heavy (non-hydrogen) atoms. The Balaban J connectivity index is 1.61. The van der Waals surface area contributed by atoms with Crippen molar-refractivity contribution in [1.29, 1.82) is 0 Å². The Labute approximate surface area is 102 Å². The molecular formula is C14H19NS. The van der Waals surface area contributed by atoms with Crippen LogP contribution >= 0.6 is 11.8 Å². The molecule has 1 heterocycles. The van der Waals surface area contributed by atoms with E-state index in [0.717, 1.165) is 18.5 Å². The van der Waals surface area contributed by atoms with E-state index in [1.165, 1.54) is 17.1 Å². The summed E-state index contributed by atoms with van der Waals surface area (Å²) in [6.45, 7) is 5.85. The van der Waals surface area contributed by atoms with E-state index in [4.69, 9.17) is 0 Å². The summed E-state index contributed by atoms with van der Waals surface area (Å²) >= 11 is 2.01. The van der Waals surface area contributed by atoms with E-state index in [1.54, 1.807) is 5.56 Å². The Bertz CT molecular complexity index is 399. The number of benzene rings is 1. The summed E-state index contributed by atoms with van der Waals surface area (Å²) in [6, 6.07) is 9.61. The standard InChI is InChI=1S/C14H19NS/c1-14(2)7-13(14)15-8-10-9-16-12-6-4-3-5-11(10)12/h3-6,10,13,15H,7-9H2,1-2H3. The zero-order valence-corrected chi connectivity index (χ0v) is 10.8. The lowest BCUT2D eigenvalue weighted by Gasteiger charge is -2.13. The van der Waals surface area contributed by atoms with Crippen molar-refractivity contribution in [3.05, 3.63) is 29.8 Å². The second-order valence-electron chi connectivity index (χ2n) is 5.70. The molecule has 0 spiro atoms. The van der Waals surface area contributed by atoms with Gasteiger partial charge < -0.3 is 5.32 Å². The van der Waals surface area contributed by atoms with E-state index in [-0.39, 0.29) is 0 Å². The molecule has 1 aliphatic carbocycles. The fraction of sp³-hybridized carbons (Fsp3) is 0.571. The third kappa shape index (κ3) is 1.89. The zero-order chi connectivity index (χ0) is 11.2. The molecule has 0 aromatic heterocycles. The minimum Gasteiger partial charge on any atom is -0.313 e. The highest BCUT2D eigenvalue weighted by Crippen LogP contribution is 2.45. The van der Waals surface area contributed by atoms with Crippen LogP contribution in [0.1, 0.15) is 31.7 Å². The molecular weight excluding hydrogens is 214 g/mol. The number of fused-ring (bicyclic) bond motifs is 1. The summed E-state index contributed by atoms with van der Waals surface area (Å²) in [6.07, 6.45) is 1.34. The maximum Gasteiger partial charge on any atom is 0.0125 e. The van der Waals surface area contributed by atoms with Gasteiger partial charge in [-0.3, -0.25) is 0 Å². The summed E-state index contributed by atoms with van der Waals surface area (Å²) in [5.74, 6) is 1.97. The fourth-order valence-electron chi connectivity index (χ4n) is 2.50. The average molecular weight is 233 g/mol. The molecule has 2 atom stereocenters. The van der Waals surface area contributed by atoms with Gasteiger partial charge in [0.1, 0.15) is 0 Å². The van der Waals surface area contributed by atoms with Gasteiger partial charge in [0.2, 0.25) is 0 Å². The molecule has 1 fully saturated rings. The first-order chi connectivity index (χ1) is 7.67. The first-order valence-electron chi connectivity index (χ1n) is 6.12. The van der Waals surface area contributed by atoms with Crippen molar-refractivity contribution in [3.63, 3.8) is 0 Å². The lowest BCUT2D eigenvalue weighted by Crippen LogP contribution is -2.26. The summed E-state index contributed by atoms with van der Waals surface area (Å²) in [5.41, 5.74) is 2.10. The molecule has 1 aromatic carbocycles. The topological polar surface area (TPSA) is 12.0 Å². The van der Waals surface area contributed by atoms with Crippen LogP contribution in [0.5, 0.6) is 0 Å². The predicted octanol–water partition coefficient (Wildman–Crippen LogP) is 3.26. The van der Waals surface area contributed by atoms with Crippen molar-refractivity contribution in [2.75, 3.05) is 12.3 Å². The number of rotatable bonds is 3. The molecule has 1 aliphatic heterocycles. The second kappa shape index (κ2) is 3.78. The first kappa shape index (κ1) is 10.7. The maximum atomic E-state index is 3.72. The van der Waals surface area contributed by atoms with Crippen LogP contribution < -0.4 is 5.32 Å². The van der Waals surface area contributed by atoms with Gasteiger partial charge in [-0.15, -0.1) is 11.8 Å². The number of nitrogens with one attached hydrogen (secondary N) is 1. The summed E-state index contributed by atoms with van der Waals surface area (Å²) in [4.78, 5) is 1.49. The van der Waals surface area contributed by atoms with E-state index in [2.05, 4.69) is 43.4 Å². The Morgan fingerprint density at radius 2 is 2.12 bits per heavy atom. The Morgan fingerprint density at radius 1 is 1.38 bits per heavy atom. The van der Waals surface area contributed by atoms with Crippen LogP contribution in [0.15, 0.2) is 29.2 Å². The van der Waals surface area contributed by atoms with Crippen LogP contribution in [0.2, 0.25) is 0 Å². The number of hydrogen-bond donors (Lipinski definition) is 1. The summed E-state index contributed by atoms with van der Waals surface area (Å²) < 4.78 is 0. The molecule has 1 nitrogen and oxygen atoms in total. The Morgan fingerprint density at radius 3 is 2.88 bits per heavy atom. The van der Waals surface area contributed by atoms with Crippen LogP contribution in [0.3, 0.4) is 0 Å². The minimum absolute atomic E-state index is 0.547. The van der Waals surface area contributed by atoms with Crippen molar-refractivity contribution >= 4 is 11.8 Å². The third-order valence-electron chi connectivity index (χ3n) is 3.92. The van der Waals surface area contributed by atoms with Gasteiger partial charge in [0.05, 0.1) is 0 Å². The normalized spacial score (nSPS) is 30.1. The summed E-state index contributed by atoms with van der Waals surface area (Å²) in [5, 5.41) is 3.72. The van der Waals surface area contributed by atoms with Crippen LogP contribution in [-0.4, -0.2) is 18.3 Å². The molecule has 0 bridgehead atoms. The summed E-state index contributed by atoms with van der Waals surface area (Å²) in [7, 11) is 0. The van der Waals surface area contributed by atoms with Gasteiger partial charge in [0.15, 0.2) is 0 Å². The lowest BCUT2D eigenvalue weighted by molar-refractivity contribution is 0.524. The van der Waals surface area contributed by atoms with Crippen molar-refractivity contribution in [3.8, 4) is 0 Å². The van der Waals surface area contributed by atoms with Gasteiger partial charge in [-0.1, -0.05) is 32.0 Å². The molecule has 1 N–H and O–H groups in total. The predicted molar refractivity (Wildman–Crippen MR) is 70.1 cm³/mol. The second-order valence-corrected chi connectivity index (χ2v) is 6.76. The van der Waals surface area contributed by atoms with Crippen molar-refractivity contribution in [2.24, 2.45) is 5.41 Å². The molecule has 86 valence electrons. The highest BCUT2D eigenvalue weighted by Gasteiger charge is 2.45. The van der Waals surface area contributed by atoms with Crippen LogP contribution in [0.4, 0.5) is 0 Å². The van der Waals surface area contributed by atoms with Gasteiger partial charge in [0.25, 0.3) is 0 Å². The smallest absolute Gasteiger partial charge is 0.0125 e. The molecule has 2 heteroatoms. The highest BCUT2D eigenvalue weighted by atomic mass is 32.2. The Kier molecular flexibility index (Phi) is 2.52. The van der Waals surface area contributed by atoms with E-state index in [0.29, 0.717) is 5.41 Å². The van der Waals surface area contributed by atoms with Gasteiger partial charge in [-0.2, -0.15) is 0 Å². The van der Waals surface area contributed by atoms with E-state index < -0.39 is 0 Å². The lowest BCUT2D eigenvalue weighted by atomic mass is 10.0. The quantitative estimate of drug-likeness (QED) is 0.860. The van der Waals surface area contributed by atoms with E-state index in [9.17, 15) is 0 Å². The van der Waals surface area contributed by atoms with E-state index >= 15 is 0 Å². The fourth-order valence-corrected chi connectivity index (χ4v) is 3.75. The zero-order valence-electron chi connectivity index (χ0n) is 9.99. The van der Waals surface area contributed by atoms with Gasteiger partial charge in [-0.05, 0) is 23.5 Å². The van der Waals surface area contributed by atoms with Gasteiger partial charge in [0, 0.05) is 29.2 Å². The van der Waals surface area contributed by atoms with Gasteiger partial charge >= 0.3 is 0 Å². The molecule has 0 amide bonds. The van der Waals surface area contributed by atoms with Crippen LogP contribution in [0, 0.1) is 5.41 Å². The molecule has 2 aliphatic rings. The van der Waals surface area contributed by atoms with Crippen LogP contribution in [0.25, 0.3) is 0 Å².